The summed E-state index contributed by atoms with van der Waals surface area (Å²) in [6.07, 6.45) is 4.87. The van der Waals surface area contributed by atoms with Gasteiger partial charge in [-0.3, -0.25) is 4.99 Å². The summed E-state index contributed by atoms with van der Waals surface area (Å²) in [4.78, 5) is 6.24. The largest absolute Gasteiger partial charge is 0.354 e. The standard InChI is InChI=1S/C19H33FN4.HI/c1-6-7-8-9-15(2)23-19(21-3)22-13-16-10-11-18(20)17(12-16)14-24(4)5;/h10-12,15H,6-9,13-14H2,1-5H3,(H2,21,22,23);1H. The molecule has 4 nitrogen and oxygen atoms in total. The molecule has 0 fully saturated rings. The van der Waals surface area contributed by atoms with Crippen LogP contribution in [0.4, 0.5) is 4.39 Å². The summed E-state index contributed by atoms with van der Waals surface area (Å²) in [7, 11) is 5.66. The van der Waals surface area contributed by atoms with E-state index in [0.29, 0.717) is 19.1 Å². The van der Waals surface area contributed by atoms with Crippen LogP contribution in [0, 0.1) is 5.82 Å². The highest BCUT2D eigenvalue weighted by molar-refractivity contribution is 14.0. The van der Waals surface area contributed by atoms with Crippen LogP contribution in [0.3, 0.4) is 0 Å². The van der Waals surface area contributed by atoms with Gasteiger partial charge in [0, 0.05) is 31.7 Å². The number of guanidine groups is 1. The van der Waals surface area contributed by atoms with Gasteiger partial charge in [-0.2, -0.15) is 0 Å². The first-order chi connectivity index (χ1) is 11.5. The minimum atomic E-state index is -0.153. The third-order valence-corrected chi connectivity index (χ3v) is 3.90. The molecule has 1 atom stereocenters. The number of nitrogens with one attached hydrogen (secondary N) is 2. The first-order valence-electron chi connectivity index (χ1n) is 8.85. The number of unbranched alkanes of at least 4 members (excludes halogenated alkanes) is 2. The Balaban J connectivity index is 0.00000576. The van der Waals surface area contributed by atoms with Gasteiger partial charge < -0.3 is 15.5 Å². The van der Waals surface area contributed by atoms with Gasteiger partial charge >= 0.3 is 0 Å². The molecule has 0 saturated carbocycles. The lowest BCUT2D eigenvalue weighted by molar-refractivity contribution is 0.392. The Morgan fingerprint density at radius 2 is 2.00 bits per heavy atom. The minimum absolute atomic E-state index is 0. The number of nitrogens with zero attached hydrogens (tertiary/aromatic N) is 2. The molecule has 0 spiro atoms. The molecule has 1 unspecified atom stereocenters. The van der Waals surface area contributed by atoms with E-state index in [9.17, 15) is 4.39 Å². The van der Waals surface area contributed by atoms with E-state index < -0.39 is 0 Å². The van der Waals surface area contributed by atoms with Crippen molar-refractivity contribution in [2.45, 2.75) is 58.7 Å². The Morgan fingerprint density at radius 3 is 2.60 bits per heavy atom. The van der Waals surface area contributed by atoms with Gasteiger partial charge in [-0.05, 0) is 45.1 Å². The molecule has 0 aromatic heterocycles. The third-order valence-electron chi connectivity index (χ3n) is 3.90. The number of hydrogen-bond donors (Lipinski definition) is 2. The van der Waals surface area contributed by atoms with Crippen LogP contribution in [0.15, 0.2) is 23.2 Å². The van der Waals surface area contributed by atoms with Crippen LogP contribution in [0.25, 0.3) is 0 Å². The van der Waals surface area contributed by atoms with Crippen molar-refractivity contribution in [3.05, 3.63) is 35.1 Å². The van der Waals surface area contributed by atoms with Crippen LogP contribution in [0.1, 0.15) is 50.7 Å². The van der Waals surface area contributed by atoms with Gasteiger partial charge in [-0.25, -0.2) is 4.39 Å². The van der Waals surface area contributed by atoms with Crippen LogP contribution in [-0.2, 0) is 13.1 Å². The zero-order valence-electron chi connectivity index (χ0n) is 16.2. The molecule has 0 bridgehead atoms. The Bertz CT molecular complexity index is 520. The van der Waals surface area contributed by atoms with Crippen molar-refractivity contribution in [3.63, 3.8) is 0 Å². The van der Waals surface area contributed by atoms with Gasteiger partial charge in [0.2, 0.25) is 0 Å². The molecule has 0 heterocycles. The van der Waals surface area contributed by atoms with Crippen molar-refractivity contribution >= 4 is 29.9 Å². The summed E-state index contributed by atoms with van der Waals surface area (Å²) in [6.45, 7) is 5.62. The quantitative estimate of drug-likeness (QED) is 0.250. The molecule has 1 rings (SSSR count). The third kappa shape index (κ3) is 9.99. The molecule has 0 aliphatic heterocycles. The van der Waals surface area contributed by atoms with Crippen molar-refractivity contribution in [2.75, 3.05) is 21.1 Å². The van der Waals surface area contributed by atoms with Crippen LogP contribution in [-0.4, -0.2) is 38.0 Å². The second kappa shape index (κ2) is 13.3. The fourth-order valence-electron chi connectivity index (χ4n) is 2.59. The van der Waals surface area contributed by atoms with Gasteiger partial charge in [-0.15, -0.1) is 24.0 Å². The molecule has 0 aliphatic carbocycles. The molecule has 6 heteroatoms. The minimum Gasteiger partial charge on any atom is -0.354 e. The zero-order valence-corrected chi connectivity index (χ0v) is 18.6. The van der Waals surface area contributed by atoms with E-state index in [-0.39, 0.29) is 29.8 Å². The summed E-state index contributed by atoms with van der Waals surface area (Å²) in [6, 6.07) is 5.67. The molecule has 0 aliphatic rings. The second-order valence-electron chi connectivity index (χ2n) is 6.63. The summed E-state index contributed by atoms with van der Waals surface area (Å²) >= 11 is 0. The molecular formula is C19H34FIN4. The number of benzene rings is 1. The zero-order chi connectivity index (χ0) is 17.9. The molecular weight excluding hydrogens is 430 g/mol. The fraction of sp³-hybridized carbons (Fsp3) is 0.632. The molecule has 1 aromatic rings. The first kappa shape index (κ1) is 24.1. The SMILES string of the molecule is CCCCCC(C)NC(=NC)NCc1ccc(F)c(CN(C)C)c1.I. The van der Waals surface area contributed by atoms with E-state index in [4.69, 9.17) is 0 Å². The molecule has 0 amide bonds. The average molecular weight is 464 g/mol. The lowest BCUT2D eigenvalue weighted by atomic mass is 10.1. The predicted molar refractivity (Wildman–Crippen MR) is 116 cm³/mol. The molecule has 144 valence electrons. The summed E-state index contributed by atoms with van der Waals surface area (Å²) in [5, 5.41) is 6.72. The monoisotopic (exact) mass is 464 g/mol. The molecule has 0 saturated heterocycles. The maximum atomic E-state index is 13.8. The maximum Gasteiger partial charge on any atom is 0.191 e. The normalized spacial score (nSPS) is 12.7. The number of halogens is 2. The summed E-state index contributed by atoms with van der Waals surface area (Å²) in [5.74, 6) is 0.636. The van der Waals surface area contributed by atoms with Crippen molar-refractivity contribution in [1.82, 2.24) is 15.5 Å². The summed E-state index contributed by atoms with van der Waals surface area (Å²) < 4.78 is 13.8. The Labute approximate surface area is 169 Å². The van der Waals surface area contributed by atoms with E-state index in [1.54, 1.807) is 13.1 Å². The number of hydrogen-bond acceptors (Lipinski definition) is 2. The van der Waals surface area contributed by atoms with E-state index in [0.717, 1.165) is 23.5 Å². The Hall–Kier alpha value is -0.890. The van der Waals surface area contributed by atoms with E-state index >= 15 is 0 Å². The average Bonchev–Trinajstić information content (AvgIpc) is 2.54. The van der Waals surface area contributed by atoms with Crippen molar-refractivity contribution < 1.29 is 4.39 Å². The van der Waals surface area contributed by atoms with Gasteiger partial charge in [-0.1, -0.05) is 32.3 Å². The van der Waals surface area contributed by atoms with E-state index in [1.807, 2.05) is 31.1 Å². The van der Waals surface area contributed by atoms with Gasteiger partial charge in [0.05, 0.1) is 0 Å². The smallest absolute Gasteiger partial charge is 0.191 e. The van der Waals surface area contributed by atoms with E-state index in [2.05, 4.69) is 29.5 Å². The first-order valence-corrected chi connectivity index (χ1v) is 8.85. The van der Waals surface area contributed by atoms with Crippen LogP contribution in [0.2, 0.25) is 0 Å². The van der Waals surface area contributed by atoms with Gasteiger partial charge in [0.25, 0.3) is 0 Å². The second-order valence-corrected chi connectivity index (χ2v) is 6.63. The topological polar surface area (TPSA) is 39.7 Å². The Morgan fingerprint density at radius 1 is 1.28 bits per heavy atom. The molecule has 1 aromatic carbocycles. The van der Waals surface area contributed by atoms with Crippen molar-refractivity contribution in [2.24, 2.45) is 4.99 Å². The fourth-order valence-corrected chi connectivity index (χ4v) is 2.59. The highest BCUT2D eigenvalue weighted by Gasteiger charge is 2.07. The Kier molecular flexibility index (Phi) is 12.9. The molecule has 2 N–H and O–H groups in total. The van der Waals surface area contributed by atoms with Gasteiger partial charge in [0.1, 0.15) is 5.82 Å². The van der Waals surface area contributed by atoms with Crippen LogP contribution in [0.5, 0.6) is 0 Å². The van der Waals surface area contributed by atoms with Crippen LogP contribution >= 0.6 is 24.0 Å². The number of aliphatic imine (C=N–C) groups is 1. The van der Waals surface area contributed by atoms with Crippen molar-refractivity contribution in [3.8, 4) is 0 Å². The highest BCUT2D eigenvalue weighted by Crippen LogP contribution is 2.12. The summed E-state index contributed by atoms with van der Waals surface area (Å²) in [5.41, 5.74) is 1.77. The predicted octanol–water partition coefficient (Wildman–Crippen LogP) is 4.14. The van der Waals surface area contributed by atoms with Crippen LogP contribution < -0.4 is 10.6 Å². The lowest BCUT2D eigenvalue weighted by Crippen LogP contribution is -2.41. The number of rotatable bonds is 9. The van der Waals surface area contributed by atoms with Gasteiger partial charge in [0.15, 0.2) is 5.96 Å². The molecule has 0 radical (unpaired) electrons. The van der Waals surface area contributed by atoms with E-state index in [1.165, 1.54) is 19.3 Å². The van der Waals surface area contributed by atoms with Crippen molar-refractivity contribution in [1.29, 1.82) is 0 Å². The highest BCUT2D eigenvalue weighted by atomic mass is 127. The lowest BCUT2D eigenvalue weighted by Gasteiger charge is -2.18. The maximum absolute atomic E-state index is 13.8. The molecule has 25 heavy (non-hydrogen) atoms.